The Morgan fingerprint density at radius 1 is 1.03 bits per heavy atom. The topological polar surface area (TPSA) is 71.2 Å². The Morgan fingerprint density at radius 3 is 2.48 bits per heavy atom. The van der Waals surface area contributed by atoms with E-state index in [-0.39, 0.29) is 5.78 Å². The smallest absolute Gasteiger partial charge is 0.185 e. The molecule has 1 aliphatic carbocycles. The van der Waals surface area contributed by atoms with Crippen LogP contribution in [0.3, 0.4) is 0 Å². The summed E-state index contributed by atoms with van der Waals surface area (Å²) >= 11 is 0. The van der Waals surface area contributed by atoms with Crippen LogP contribution >= 0.6 is 0 Å². The first-order valence-electron chi connectivity index (χ1n) is 11.1. The number of likely N-dealkylation sites (tertiary alicyclic amines) is 1. The van der Waals surface area contributed by atoms with Crippen molar-refractivity contribution in [1.29, 1.82) is 0 Å². The predicted octanol–water partition coefficient (Wildman–Crippen LogP) is 3.59. The lowest BCUT2D eigenvalue weighted by molar-refractivity contribution is 0.0702. The van der Waals surface area contributed by atoms with Crippen molar-refractivity contribution in [3.05, 3.63) is 83.2 Å². The van der Waals surface area contributed by atoms with Crippen molar-refractivity contribution in [2.45, 2.75) is 44.4 Å². The van der Waals surface area contributed by atoms with Crippen LogP contribution in [0.15, 0.2) is 60.8 Å². The average molecular weight is 417 g/mol. The van der Waals surface area contributed by atoms with E-state index in [1.165, 1.54) is 5.56 Å². The molecule has 2 aromatic carbocycles. The molecule has 0 bridgehead atoms. The second-order valence-electron chi connectivity index (χ2n) is 8.95. The van der Waals surface area contributed by atoms with Gasteiger partial charge in [0.05, 0.1) is 18.3 Å². The Labute approximate surface area is 182 Å². The van der Waals surface area contributed by atoms with Crippen LogP contribution in [0.1, 0.15) is 58.6 Å². The SMILES string of the molecule is O=C(CC1CN(Cc2ccc(C(O)Cc3ccccc3)cc2)C1)c1cn(C2CC2)nn1. The van der Waals surface area contributed by atoms with Crippen LogP contribution in [0.25, 0.3) is 0 Å². The fourth-order valence-electron chi connectivity index (χ4n) is 4.28. The molecule has 0 radical (unpaired) electrons. The zero-order chi connectivity index (χ0) is 21.2. The van der Waals surface area contributed by atoms with Crippen molar-refractivity contribution >= 4 is 5.78 Å². The fourth-order valence-corrected chi connectivity index (χ4v) is 4.28. The molecule has 0 spiro atoms. The molecule has 1 N–H and O–H groups in total. The van der Waals surface area contributed by atoms with Crippen LogP contribution in [0.5, 0.6) is 0 Å². The maximum absolute atomic E-state index is 12.4. The summed E-state index contributed by atoms with van der Waals surface area (Å²) in [6.07, 6.45) is 4.77. The minimum atomic E-state index is -0.492. The predicted molar refractivity (Wildman–Crippen MR) is 118 cm³/mol. The number of hydrogen-bond donors (Lipinski definition) is 1. The van der Waals surface area contributed by atoms with Crippen LogP contribution in [0.4, 0.5) is 0 Å². The highest BCUT2D eigenvalue weighted by Gasteiger charge is 2.30. The summed E-state index contributed by atoms with van der Waals surface area (Å²) in [6.45, 7) is 2.74. The van der Waals surface area contributed by atoms with Crippen molar-refractivity contribution in [3.8, 4) is 0 Å². The van der Waals surface area contributed by atoms with E-state index >= 15 is 0 Å². The van der Waals surface area contributed by atoms with Gasteiger partial charge in [0.2, 0.25) is 0 Å². The largest absolute Gasteiger partial charge is 0.388 e. The van der Waals surface area contributed by atoms with Gasteiger partial charge in [-0.2, -0.15) is 0 Å². The first kappa shape index (κ1) is 20.1. The summed E-state index contributed by atoms with van der Waals surface area (Å²) in [7, 11) is 0. The summed E-state index contributed by atoms with van der Waals surface area (Å²) in [5.41, 5.74) is 3.82. The molecule has 160 valence electrons. The van der Waals surface area contributed by atoms with Crippen LogP contribution in [-0.4, -0.2) is 43.9 Å². The maximum atomic E-state index is 12.4. The lowest BCUT2D eigenvalue weighted by Crippen LogP contribution is -2.46. The highest BCUT2D eigenvalue weighted by atomic mass is 16.3. The van der Waals surface area contributed by atoms with Gasteiger partial charge < -0.3 is 5.11 Å². The molecule has 31 heavy (non-hydrogen) atoms. The monoisotopic (exact) mass is 416 g/mol. The first-order chi connectivity index (χ1) is 15.1. The molecule has 6 heteroatoms. The highest BCUT2D eigenvalue weighted by Crippen LogP contribution is 2.34. The van der Waals surface area contributed by atoms with Crippen molar-refractivity contribution < 1.29 is 9.90 Å². The molecule has 1 aliphatic heterocycles. The van der Waals surface area contributed by atoms with Gasteiger partial charge in [-0.15, -0.1) is 5.10 Å². The second-order valence-corrected chi connectivity index (χ2v) is 8.95. The number of hydrogen-bond acceptors (Lipinski definition) is 5. The third-order valence-corrected chi connectivity index (χ3v) is 6.27. The summed E-state index contributed by atoms with van der Waals surface area (Å²) in [5, 5.41) is 18.6. The van der Waals surface area contributed by atoms with Crippen LogP contribution in [0.2, 0.25) is 0 Å². The Bertz CT molecular complexity index is 1020. The van der Waals surface area contributed by atoms with Gasteiger partial charge in [-0.25, -0.2) is 4.68 Å². The van der Waals surface area contributed by atoms with E-state index in [0.29, 0.717) is 30.5 Å². The maximum Gasteiger partial charge on any atom is 0.185 e. The van der Waals surface area contributed by atoms with Crippen molar-refractivity contribution in [2.75, 3.05) is 13.1 Å². The van der Waals surface area contributed by atoms with Gasteiger partial charge in [-0.3, -0.25) is 9.69 Å². The number of benzene rings is 2. The van der Waals surface area contributed by atoms with E-state index < -0.39 is 6.10 Å². The lowest BCUT2D eigenvalue weighted by Gasteiger charge is -2.39. The molecule has 1 atom stereocenters. The summed E-state index contributed by atoms with van der Waals surface area (Å²) in [5.74, 6) is 0.499. The van der Waals surface area contributed by atoms with E-state index in [1.807, 2.05) is 53.3 Å². The number of aromatic nitrogens is 3. The van der Waals surface area contributed by atoms with Crippen LogP contribution < -0.4 is 0 Å². The minimum absolute atomic E-state index is 0.105. The normalized spacial score (nSPS) is 18.0. The molecule has 2 heterocycles. The number of Topliss-reactive ketones (excluding diaryl/α,β-unsaturated/α-hetero) is 1. The van der Waals surface area contributed by atoms with Crippen LogP contribution in [0, 0.1) is 5.92 Å². The first-order valence-corrected chi connectivity index (χ1v) is 11.1. The number of carbonyl (C=O) groups excluding carboxylic acids is 1. The minimum Gasteiger partial charge on any atom is -0.388 e. The number of carbonyl (C=O) groups is 1. The van der Waals surface area contributed by atoms with Gasteiger partial charge in [0.25, 0.3) is 0 Å². The number of aliphatic hydroxyl groups excluding tert-OH is 1. The molecular formula is C25H28N4O2. The number of nitrogens with zero attached hydrogens (tertiary/aromatic N) is 4. The van der Waals surface area contributed by atoms with Crippen molar-refractivity contribution in [2.24, 2.45) is 5.92 Å². The number of ketones is 1. The Morgan fingerprint density at radius 2 is 1.77 bits per heavy atom. The van der Waals surface area contributed by atoms with E-state index in [4.69, 9.17) is 0 Å². The number of aliphatic hydroxyl groups is 1. The summed E-state index contributed by atoms with van der Waals surface area (Å²) in [6, 6.07) is 18.7. The van der Waals surface area contributed by atoms with Gasteiger partial charge >= 0.3 is 0 Å². The molecule has 1 saturated carbocycles. The lowest BCUT2D eigenvalue weighted by atomic mass is 9.92. The van der Waals surface area contributed by atoms with E-state index in [9.17, 15) is 9.90 Å². The zero-order valence-corrected chi connectivity index (χ0v) is 17.6. The zero-order valence-electron chi connectivity index (χ0n) is 17.6. The third kappa shape index (κ3) is 4.92. The van der Waals surface area contributed by atoms with Crippen LogP contribution in [-0.2, 0) is 13.0 Å². The van der Waals surface area contributed by atoms with Gasteiger partial charge in [-0.05, 0) is 35.4 Å². The van der Waals surface area contributed by atoms with E-state index in [2.05, 4.69) is 27.3 Å². The molecule has 1 aromatic heterocycles. The van der Waals surface area contributed by atoms with E-state index in [0.717, 1.165) is 43.6 Å². The molecule has 2 aliphatic rings. The molecular weight excluding hydrogens is 388 g/mol. The standard InChI is InChI=1S/C25H28N4O2/c30-24(12-18-4-2-1-3-5-18)21-8-6-19(7-9-21)14-28-15-20(16-28)13-25(31)23-17-29(27-26-23)22-10-11-22/h1-9,17,20,22,24,30H,10-16H2. The Kier molecular flexibility index (Phi) is 5.66. The van der Waals surface area contributed by atoms with Gasteiger partial charge in [0.1, 0.15) is 5.69 Å². The third-order valence-electron chi connectivity index (χ3n) is 6.27. The van der Waals surface area contributed by atoms with Gasteiger partial charge in [0, 0.05) is 32.5 Å². The average Bonchev–Trinajstić information content (AvgIpc) is 3.49. The fraction of sp³-hybridized carbons (Fsp3) is 0.400. The molecule has 2 fully saturated rings. The molecule has 6 nitrogen and oxygen atoms in total. The van der Waals surface area contributed by atoms with Gasteiger partial charge in [0.15, 0.2) is 5.78 Å². The van der Waals surface area contributed by atoms with Crippen molar-refractivity contribution in [3.63, 3.8) is 0 Å². The Hall–Kier alpha value is -2.83. The van der Waals surface area contributed by atoms with E-state index in [1.54, 1.807) is 0 Å². The van der Waals surface area contributed by atoms with Crippen molar-refractivity contribution in [1.82, 2.24) is 19.9 Å². The summed E-state index contributed by atoms with van der Waals surface area (Å²) in [4.78, 5) is 14.8. The molecule has 3 aromatic rings. The highest BCUT2D eigenvalue weighted by molar-refractivity contribution is 5.94. The number of rotatable bonds is 9. The van der Waals surface area contributed by atoms with Gasteiger partial charge in [-0.1, -0.05) is 59.8 Å². The molecule has 1 unspecified atom stereocenters. The molecule has 1 saturated heterocycles. The Balaban J connectivity index is 1.07. The second kappa shape index (κ2) is 8.73. The summed E-state index contributed by atoms with van der Waals surface area (Å²) < 4.78 is 1.83. The molecule has 0 amide bonds. The molecule has 5 rings (SSSR count). The quantitative estimate of drug-likeness (QED) is 0.540.